The van der Waals surface area contributed by atoms with E-state index in [1.54, 1.807) is 6.92 Å². The van der Waals surface area contributed by atoms with Gasteiger partial charge in [-0.1, -0.05) is 24.3 Å². The van der Waals surface area contributed by atoms with Crippen LogP contribution in [0.25, 0.3) is 11.5 Å². The molecule has 3 rings (SSSR count). The molecule has 6 heteroatoms. The summed E-state index contributed by atoms with van der Waals surface area (Å²) < 4.78 is 11.0. The van der Waals surface area contributed by atoms with Crippen LogP contribution >= 0.6 is 0 Å². The van der Waals surface area contributed by atoms with Gasteiger partial charge >= 0.3 is 0 Å². The third-order valence-corrected chi connectivity index (χ3v) is 3.91. The van der Waals surface area contributed by atoms with E-state index in [-0.39, 0.29) is 11.9 Å². The van der Waals surface area contributed by atoms with E-state index in [2.05, 4.69) is 15.5 Å². The summed E-state index contributed by atoms with van der Waals surface area (Å²) in [5, 5.41) is 6.44. The first-order chi connectivity index (χ1) is 12.4. The molecular weight excluding hydrogens is 330 g/mol. The van der Waals surface area contributed by atoms with Crippen LogP contribution in [0.3, 0.4) is 0 Å². The van der Waals surface area contributed by atoms with Crippen molar-refractivity contribution in [3.63, 3.8) is 0 Å². The van der Waals surface area contributed by atoms with Gasteiger partial charge in [0.25, 0.3) is 17.7 Å². The fourth-order valence-corrected chi connectivity index (χ4v) is 2.67. The van der Waals surface area contributed by atoms with E-state index in [0.29, 0.717) is 11.6 Å². The van der Waals surface area contributed by atoms with Crippen LogP contribution < -0.4 is 10.1 Å². The average molecular weight is 351 g/mol. The molecule has 0 aliphatic carbocycles. The molecule has 1 aromatic heterocycles. The number of hydrogen-bond acceptors (Lipinski definition) is 5. The summed E-state index contributed by atoms with van der Waals surface area (Å²) in [6.45, 7) is 7.60. The maximum Gasteiger partial charge on any atom is 0.270 e. The predicted octanol–water partition coefficient (Wildman–Crippen LogP) is 4.07. The molecular formula is C20H21N3O3. The van der Waals surface area contributed by atoms with E-state index in [0.717, 1.165) is 22.3 Å². The number of rotatable bonds is 5. The zero-order valence-electron chi connectivity index (χ0n) is 15.2. The van der Waals surface area contributed by atoms with Gasteiger partial charge < -0.3 is 9.26 Å². The number of nitrogens with one attached hydrogen (secondary N) is 1. The maximum absolute atomic E-state index is 12.3. The molecule has 0 aliphatic rings. The first kappa shape index (κ1) is 17.7. The number of hydrogen-bond donors (Lipinski definition) is 1. The van der Waals surface area contributed by atoms with Gasteiger partial charge in [-0.2, -0.15) is 4.98 Å². The number of carbonyl (C=O) groups is 1. The second-order valence-corrected chi connectivity index (χ2v) is 6.31. The third kappa shape index (κ3) is 4.08. The van der Waals surface area contributed by atoms with Crippen LogP contribution in [0.1, 0.15) is 23.6 Å². The van der Waals surface area contributed by atoms with Gasteiger partial charge in [0.05, 0.1) is 0 Å². The largest absolute Gasteiger partial charge is 0.481 e. The van der Waals surface area contributed by atoms with Crippen molar-refractivity contribution in [3.8, 4) is 17.2 Å². The Balaban J connectivity index is 1.67. The van der Waals surface area contributed by atoms with E-state index < -0.39 is 6.10 Å². The first-order valence-electron chi connectivity index (χ1n) is 8.38. The van der Waals surface area contributed by atoms with Crippen molar-refractivity contribution in [3.05, 3.63) is 59.2 Å². The van der Waals surface area contributed by atoms with Crippen LogP contribution in [0.4, 0.5) is 5.95 Å². The van der Waals surface area contributed by atoms with Gasteiger partial charge in [0, 0.05) is 5.56 Å². The normalized spacial score (nSPS) is 11.8. The Morgan fingerprint density at radius 2 is 1.81 bits per heavy atom. The molecule has 0 saturated heterocycles. The van der Waals surface area contributed by atoms with Crippen LogP contribution in [0.15, 0.2) is 47.0 Å². The fourth-order valence-electron chi connectivity index (χ4n) is 2.67. The van der Waals surface area contributed by atoms with Crippen molar-refractivity contribution in [2.24, 2.45) is 0 Å². The topological polar surface area (TPSA) is 77.2 Å². The van der Waals surface area contributed by atoms with Crippen molar-refractivity contribution in [2.75, 3.05) is 5.32 Å². The highest BCUT2D eigenvalue weighted by Crippen LogP contribution is 2.22. The number of carbonyl (C=O) groups excluding carboxylic acids is 1. The number of ether oxygens (including phenoxy) is 1. The zero-order valence-corrected chi connectivity index (χ0v) is 15.2. The molecule has 1 amide bonds. The van der Waals surface area contributed by atoms with E-state index in [4.69, 9.17) is 9.26 Å². The van der Waals surface area contributed by atoms with E-state index in [9.17, 15) is 4.79 Å². The lowest BCUT2D eigenvalue weighted by atomic mass is 10.1. The Morgan fingerprint density at radius 3 is 2.50 bits per heavy atom. The van der Waals surface area contributed by atoms with Crippen LogP contribution in [0, 0.1) is 20.8 Å². The van der Waals surface area contributed by atoms with Crippen LogP contribution in [-0.2, 0) is 4.79 Å². The number of amides is 1. The number of benzene rings is 2. The molecule has 134 valence electrons. The molecule has 0 aliphatic heterocycles. The molecule has 1 N–H and O–H groups in total. The predicted molar refractivity (Wildman–Crippen MR) is 99.1 cm³/mol. The summed E-state index contributed by atoms with van der Waals surface area (Å²) in [4.78, 5) is 16.6. The Bertz CT molecular complexity index is 913. The van der Waals surface area contributed by atoms with Gasteiger partial charge in [-0.15, -0.1) is 0 Å². The summed E-state index contributed by atoms with van der Waals surface area (Å²) in [7, 11) is 0. The Hall–Kier alpha value is -3.15. The lowest BCUT2D eigenvalue weighted by molar-refractivity contribution is -0.122. The van der Waals surface area contributed by atoms with Crippen LogP contribution in [-0.4, -0.2) is 22.2 Å². The van der Waals surface area contributed by atoms with E-state index in [1.807, 2.05) is 63.2 Å². The molecule has 26 heavy (non-hydrogen) atoms. The highest BCUT2D eigenvalue weighted by Gasteiger charge is 2.18. The fraction of sp³-hybridized carbons (Fsp3) is 0.250. The van der Waals surface area contributed by atoms with Crippen LogP contribution in [0.5, 0.6) is 5.75 Å². The van der Waals surface area contributed by atoms with Crippen molar-refractivity contribution >= 4 is 11.9 Å². The van der Waals surface area contributed by atoms with E-state index >= 15 is 0 Å². The molecule has 1 atom stereocenters. The van der Waals surface area contributed by atoms with Gasteiger partial charge in [-0.25, -0.2) is 0 Å². The van der Waals surface area contributed by atoms with Gasteiger partial charge in [-0.3, -0.25) is 10.1 Å². The van der Waals surface area contributed by atoms with Gasteiger partial charge in [-0.05, 0) is 67.7 Å². The molecule has 1 heterocycles. The summed E-state index contributed by atoms with van der Waals surface area (Å²) in [5.74, 6) is 0.783. The molecule has 2 aromatic carbocycles. The number of aromatic nitrogens is 2. The molecule has 0 fully saturated rings. The SMILES string of the molecule is Cc1cc(C)cc(OC(C)C(=O)Nc2noc(-c3ccccc3C)n2)c1. The van der Waals surface area contributed by atoms with Gasteiger partial charge in [0.1, 0.15) is 5.75 Å². The Morgan fingerprint density at radius 1 is 1.12 bits per heavy atom. The molecule has 0 spiro atoms. The second kappa shape index (κ2) is 7.39. The molecule has 3 aromatic rings. The second-order valence-electron chi connectivity index (χ2n) is 6.31. The number of nitrogens with zero attached hydrogens (tertiary/aromatic N) is 2. The van der Waals surface area contributed by atoms with Crippen molar-refractivity contribution in [1.29, 1.82) is 0 Å². The minimum absolute atomic E-state index is 0.115. The molecule has 6 nitrogen and oxygen atoms in total. The maximum atomic E-state index is 12.3. The monoisotopic (exact) mass is 351 g/mol. The van der Waals surface area contributed by atoms with Crippen molar-refractivity contribution in [1.82, 2.24) is 10.1 Å². The lowest BCUT2D eigenvalue weighted by Gasteiger charge is -2.14. The molecule has 0 bridgehead atoms. The standard InChI is InChI=1S/C20H21N3O3/c1-12-9-13(2)11-16(10-12)25-15(4)18(24)21-20-22-19(26-23-20)17-8-6-5-7-14(17)3/h5-11,15H,1-4H3,(H,21,23,24). The van der Waals surface area contributed by atoms with Crippen LogP contribution in [0.2, 0.25) is 0 Å². The summed E-state index contributed by atoms with van der Waals surface area (Å²) >= 11 is 0. The summed E-state index contributed by atoms with van der Waals surface area (Å²) in [5.41, 5.74) is 4.00. The van der Waals surface area contributed by atoms with Crippen molar-refractivity contribution in [2.45, 2.75) is 33.8 Å². The number of aryl methyl sites for hydroxylation is 3. The smallest absolute Gasteiger partial charge is 0.270 e. The Labute approximate surface area is 152 Å². The molecule has 1 unspecified atom stereocenters. The third-order valence-electron chi connectivity index (χ3n) is 3.91. The summed E-state index contributed by atoms with van der Waals surface area (Å²) in [6, 6.07) is 13.5. The lowest BCUT2D eigenvalue weighted by Crippen LogP contribution is -2.30. The molecule has 0 radical (unpaired) electrons. The van der Waals surface area contributed by atoms with Gasteiger partial charge in [0.15, 0.2) is 6.10 Å². The molecule has 0 saturated carbocycles. The Kier molecular flexibility index (Phi) is 5.02. The minimum atomic E-state index is -0.698. The van der Waals surface area contributed by atoms with Gasteiger partial charge in [0.2, 0.25) is 0 Å². The minimum Gasteiger partial charge on any atom is -0.481 e. The van der Waals surface area contributed by atoms with Crippen molar-refractivity contribution < 1.29 is 14.1 Å². The summed E-state index contributed by atoms with van der Waals surface area (Å²) in [6.07, 6.45) is -0.698. The average Bonchev–Trinajstić information content (AvgIpc) is 3.02. The van der Waals surface area contributed by atoms with E-state index in [1.165, 1.54) is 0 Å². The quantitative estimate of drug-likeness (QED) is 0.750. The first-order valence-corrected chi connectivity index (χ1v) is 8.38. The highest BCUT2D eigenvalue weighted by molar-refractivity contribution is 5.92. The zero-order chi connectivity index (χ0) is 18.7. The highest BCUT2D eigenvalue weighted by atomic mass is 16.5. The number of anilines is 1.